The van der Waals surface area contributed by atoms with Crippen LogP contribution >= 0.6 is 23.4 Å². The number of aliphatic carboxylic acids is 1. The van der Waals surface area contributed by atoms with Gasteiger partial charge in [0.1, 0.15) is 0 Å². The summed E-state index contributed by atoms with van der Waals surface area (Å²) in [5, 5.41) is 9.77. The van der Waals surface area contributed by atoms with Crippen molar-refractivity contribution >= 4 is 46.3 Å². The first-order valence-electron chi connectivity index (χ1n) is 5.76. The third kappa shape index (κ3) is 3.23. The lowest BCUT2D eigenvalue weighted by molar-refractivity contribution is -0.134. The molecule has 2 rings (SSSR count). The monoisotopic (exact) mass is 313 g/mol. The molecule has 1 heterocycles. The highest BCUT2D eigenvalue weighted by atomic mass is 35.5. The van der Waals surface area contributed by atoms with Crippen molar-refractivity contribution in [3.05, 3.63) is 23.2 Å². The number of benzene rings is 1. The van der Waals surface area contributed by atoms with Crippen LogP contribution in [-0.4, -0.2) is 32.3 Å². The number of carbonyl (C=O) groups is 2. The minimum absolute atomic E-state index is 0.114. The number of hydrogen-bond acceptors (Lipinski definition) is 4. The number of para-hydroxylation sites is 1. The second kappa shape index (κ2) is 6.15. The van der Waals surface area contributed by atoms with E-state index in [1.54, 1.807) is 22.8 Å². The van der Waals surface area contributed by atoms with E-state index in [4.69, 9.17) is 22.4 Å². The summed E-state index contributed by atoms with van der Waals surface area (Å²) in [7, 11) is 0. The number of amides is 1. The Labute approximate surface area is 123 Å². The van der Waals surface area contributed by atoms with E-state index < -0.39 is 11.9 Å². The summed E-state index contributed by atoms with van der Waals surface area (Å²) >= 11 is 7.23. The van der Waals surface area contributed by atoms with Gasteiger partial charge in [0, 0.05) is 13.0 Å². The Bertz CT molecular complexity index is 671. The number of nitrogens with two attached hydrogens (primary N) is 1. The molecule has 8 heteroatoms. The zero-order valence-corrected chi connectivity index (χ0v) is 11.9. The van der Waals surface area contributed by atoms with E-state index in [9.17, 15) is 9.59 Å². The van der Waals surface area contributed by atoms with Gasteiger partial charge in [-0.2, -0.15) is 0 Å². The summed E-state index contributed by atoms with van der Waals surface area (Å²) in [6.07, 6.45) is 0.136. The molecule has 0 bridgehead atoms. The number of carboxylic acids is 1. The van der Waals surface area contributed by atoms with E-state index in [2.05, 4.69) is 4.98 Å². The van der Waals surface area contributed by atoms with E-state index >= 15 is 0 Å². The van der Waals surface area contributed by atoms with Crippen LogP contribution in [0.2, 0.25) is 5.02 Å². The molecular formula is C12H12ClN3O3S. The summed E-state index contributed by atoms with van der Waals surface area (Å²) in [5.74, 6) is -1.49. The number of aryl methyl sites for hydroxylation is 1. The van der Waals surface area contributed by atoms with Crippen molar-refractivity contribution in [3.8, 4) is 0 Å². The number of aromatic nitrogens is 2. The zero-order valence-electron chi connectivity index (χ0n) is 10.4. The summed E-state index contributed by atoms with van der Waals surface area (Å²) in [4.78, 5) is 26.0. The average Bonchev–Trinajstić information content (AvgIpc) is 2.73. The van der Waals surface area contributed by atoms with E-state index in [0.29, 0.717) is 27.8 Å². The van der Waals surface area contributed by atoms with Gasteiger partial charge >= 0.3 is 5.97 Å². The molecule has 0 saturated heterocycles. The highest BCUT2D eigenvalue weighted by Crippen LogP contribution is 2.29. The molecule has 3 N–H and O–H groups in total. The van der Waals surface area contributed by atoms with Crippen LogP contribution in [0.25, 0.3) is 11.0 Å². The first kappa shape index (κ1) is 14.7. The number of carboxylic acid groups (broad SMARTS) is 1. The number of rotatable bonds is 6. The Kier molecular flexibility index (Phi) is 4.51. The summed E-state index contributed by atoms with van der Waals surface area (Å²) < 4.78 is 1.73. The minimum Gasteiger partial charge on any atom is -0.481 e. The molecule has 0 aliphatic rings. The lowest BCUT2D eigenvalue weighted by Gasteiger charge is -2.07. The molecule has 0 saturated carbocycles. The predicted molar refractivity (Wildman–Crippen MR) is 76.9 cm³/mol. The molecule has 0 aliphatic heterocycles. The molecule has 0 spiro atoms. The minimum atomic E-state index is -0.936. The van der Waals surface area contributed by atoms with E-state index in [-0.39, 0.29) is 12.2 Å². The van der Waals surface area contributed by atoms with E-state index in [1.807, 2.05) is 0 Å². The molecule has 0 aliphatic carbocycles. The van der Waals surface area contributed by atoms with Crippen LogP contribution in [0.1, 0.15) is 6.42 Å². The number of hydrogen-bond donors (Lipinski definition) is 2. The SMILES string of the molecule is NC(=O)CCn1c(SCC(=O)O)nc2cccc(Cl)c21. The number of halogens is 1. The molecule has 106 valence electrons. The fraction of sp³-hybridized carbons (Fsp3) is 0.250. The second-order valence-corrected chi connectivity index (χ2v) is 5.40. The fourth-order valence-corrected chi connectivity index (χ4v) is 2.81. The van der Waals surface area contributed by atoms with Crippen molar-refractivity contribution < 1.29 is 14.7 Å². The van der Waals surface area contributed by atoms with Gasteiger partial charge in [-0.15, -0.1) is 0 Å². The van der Waals surface area contributed by atoms with Crippen molar-refractivity contribution in [1.29, 1.82) is 0 Å². The zero-order chi connectivity index (χ0) is 14.7. The van der Waals surface area contributed by atoms with Gasteiger partial charge in [-0.3, -0.25) is 9.59 Å². The Morgan fingerprint density at radius 3 is 2.85 bits per heavy atom. The van der Waals surface area contributed by atoms with Crippen LogP contribution in [0, 0.1) is 0 Å². The highest BCUT2D eigenvalue weighted by molar-refractivity contribution is 7.99. The first-order chi connectivity index (χ1) is 9.49. The predicted octanol–water partition coefficient (Wildman–Crippen LogP) is 1.74. The molecule has 1 amide bonds. The van der Waals surface area contributed by atoms with Gasteiger partial charge in [-0.05, 0) is 12.1 Å². The second-order valence-electron chi connectivity index (χ2n) is 4.05. The normalized spacial score (nSPS) is 10.8. The van der Waals surface area contributed by atoms with E-state index in [1.165, 1.54) is 0 Å². The number of nitrogens with zero attached hydrogens (tertiary/aromatic N) is 2. The molecule has 20 heavy (non-hydrogen) atoms. The first-order valence-corrected chi connectivity index (χ1v) is 7.13. The quantitative estimate of drug-likeness (QED) is 0.792. The highest BCUT2D eigenvalue weighted by Gasteiger charge is 2.15. The molecule has 2 aromatic rings. The van der Waals surface area contributed by atoms with Crippen LogP contribution in [0.15, 0.2) is 23.4 Å². The van der Waals surface area contributed by atoms with Crippen molar-refractivity contribution in [2.24, 2.45) is 5.73 Å². The third-order valence-electron chi connectivity index (χ3n) is 2.59. The fourth-order valence-electron chi connectivity index (χ4n) is 1.79. The number of imidazole rings is 1. The Morgan fingerprint density at radius 2 is 2.20 bits per heavy atom. The standard InChI is InChI=1S/C12H12ClN3O3S/c13-7-2-1-3-8-11(7)16(5-4-9(14)17)12(15-8)20-6-10(18)19/h1-3H,4-6H2,(H2,14,17)(H,18,19). The van der Waals surface area contributed by atoms with Crippen LogP contribution in [0.3, 0.4) is 0 Å². The summed E-state index contributed by atoms with van der Waals surface area (Å²) in [5.41, 5.74) is 6.50. The molecule has 0 radical (unpaired) electrons. The molecular weight excluding hydrogens is 302 g/mol. The number of thioether (sulfide) groups is 1. The van der Waals surface area contributed by atoms with Crippen LogP contribution in [-0.2, 0) is 16.1 Å². The van der Waals surface area contributed by atoms with Gasteiger partial charge in [-0.25, -0.2) is 4.98 Å². The van der Waals surface area contributed by atoms with Crippen molar-refractivity contribution in [2.45, 2.75) is 18.1 Å². The van der Waals surface area contributed by atoms with Gasteiger partial charge in [-0.1, -0.05) is 29.4 Å². The number of fused-ring (bicyclic) bond motifs is 1. The van der Waals surface area contributed by atoms with Crippen LogP contribution < -0.4 is 5.73 Å². The maximum atomic E-state index is 10.9. The maximum absolute atomic E-state index is 10.9. The van der Waals surface area contributed by atoms with Crippen LogP contribution in [0.4, 0.5) is 0 Å². The smallest absolute Gasteiger partial charge is 0.313 e. The summed E-state index contributed by atoms with van der Waals surface area (Å²) in [6.45, 7) is 0.317. The van der Waals surface area contributed by atoms with E-state index in [0.717, 1.165) is 11.8 Å². The number of carbonyl (C=O) groups excluding carboxylic acids is 1. The summed E-state index contributed by atoms with van der Waals surface area (Å²) in [6, 6.07) is 5.27. The van der Waals surface area contributed by atoms with Gasteiger partial charge in [0.25, 0.3) is 0 Å². The largest absolute Gasteiger partial charge is 0.481 e. The van der Waals surface area contributed by atoms with Gasteiger partial charge in [0.2, 0.25) is 5.91 Å². The Morgan fingerprint density at radius 1 is 1.45 bits per heavy atom. The molecule has 0 unspecified atom stereocenters. The number of primary amides is 1. The Hall–Kier alpha value is -1.73. The topological polar surface area (TPSA) is 98.2 Å². The lowest BCUT2D eigenvalue weighted by atomic mass is 10.3. The van der Waals surface area contributed by atoms with Gasteiger partial charge in [0.15, 0.2) is 5.16 Å². The van der Waals surface area contributed by atoms with Gasteiger partial charge < -0.3 is 15.4 Å². The Balaban J connectivity index is 2.43. The van der Waals surface area contributed by atoms with Crippen molar-refractivity contribution in [3.63, 3.8) is 0 Å². The molecule has 0 atom stereocenters. The molecule has 0 fully saturated rings. The van der Waals surface area contributed by atoms with Crippen molar-refractivity contribution in [1.82, 2.24) is 9.55 Å². The average molecular weight is 314 g/mol. The molecule has 1 aromatic carbocycles. The maximum Gasteiger partial charge on any atom is 0.313 e. The third-order valence-corrected chi connectivity index (χ3v) is 3.86. The molecule has 1 aromatic heterocycles. The van der Waals surface area contributed by atoms with Gasteiger partial charge in [0.05, 0.1) is 21.8 Å². The lowest BCUT2D eigenvalue weighted by Crippen LogP contribution is -2.14. The van der Waals surface area contributed by atoms with Crippen molar-refractivity contribution in [2.75, 3.05) is 5.75 Å². The van der Waals surface area contributed by atoms with Crippen LogP contribution in [0.5, 0.6) is 0 Å². The molecule has 6 nitrogen and oxygen atoms in total.